The van der Waals surface area contributed by atoms with Crippen molar-refractivity contribution in [2.24, 2.45) is 0 Å². The van der Waals surface area contributed by atoms with Crippen LogP contribution in [-0.4, -0.2) is 4.98 Å². The normalized spacial score (nSPS) is 12.8. The number of nitrogens with zero attached hydrogens (tertiary/aromatic N) is 1. The summed E-state index contributed by atoms with van der Waals surface area (Å²) < 4.78 is 0.894. The predicted octanol–water partition coefficient (Wildman–Crippen LogP) is 4.76. The first kappa shape index (κ1) is 12.1. The summed E-state index contributed by atoms with van der Waals surface area (Å²) in [5, 5.41) is 6.36. The van der Waals surface area contributed by atoms with E-state index in [9.17, 15) is 0 Å². The van der Waals surface area contributed by atoms with Crippen LogP contribution in [-0.2, 0) is 0 Å². The second kappa shape index (κ2) is 4.85. The van der Waals surface area contributed by atoms with E-state index in [1.54, 1.807) is 11.3 Å². The van der Waals surface area contributed by atoms with Gasteiger partial charge in [0.1, 0.15) is 4.60 Å². The average molecular weight is 317 g/mol. The van der Waals surface area contributed by atoms with E-state index < -0.39 is 0 Å². The van der Waals surface area contributed by atoms with E-state index in [0.29, 0.717) is 6.04 Å². The van der Waals surface area contributed by atoms with Crippen molar-refractivity contribution in [2.45, 2.75) is 26.8 Å². The number of nitrogens with one attached hydrogen (secondary N) is 1. The Morgan fingerprint density at radius 2 is 2.19 bits per heavy atom. The van der Waals surface area contributed by atoms with Gasteiger partial charge in [0, 0.05) is 15.1 Å². The summed E-state index contributed by atoms with van der Waals surface area (Å²) in [5.41, 5.74) is 1.37. The molecule has 16 heavy (non-hydrogen) atoms. The number of anilines is 1. The van der Waals surface area contributed by atoms with Crippen LogP contribution in [0.4, 0.5) is 5.13 Å². The lowest BCUT2D eigenvalue weighted by Crippen LogP contribution is -2.06. The standard InChI is InChI=1S/C11H13BrN2S2/c1-6-4-9(8(3)16-6)7(2)13-11-14-10(12)5-15-11/h4-5,7H,1-3H3,(H,13,14). The van der Waals surface area contributed by atoms with Crippen LogP contribution >= 0.6 is 38.6 Å². The van der Waals surface area contributed by atoms with Crippen molar-refractivity contribution in [1.29, 1.82) is 0 Å². The number of thiazole rings is 1. The highest BCUT2D eigenvalue weighted by Gasteiger charge is 2.12. The van der Waals surface area contributed by atoms with Crippen LogP contribution in [0.2, 0.25) is 0 Å². The Labute approximate surface area is 112 Å². The summed E-state index contributed by atoms with van der Waals surface area (Å²) in [6, 6.07) is 2.56. The lowest BCUT2D eigenvalue weighted by Gasteiger charge is -2.12. The Morgan fingerprint density at radius 3 is 2.69 bits per heavy atom. The van der Waals surface area contributed by atoms with E-state index in [0.717, 1.165) is 9.73 Å². The van der Waals surface area contributed by atoms with Crippen molar-refractivity contribution in [3.05, 3.63) is 31.4 Å². The molecule has 0 amide bonds. The second-order valence-electron chi connectivity index (χ2n) is 3.71. The minimum Gasteiger partial charge on any atom is -0.355 e. The molecule has 1 N–H and O–H groups in total. The van der Waals surface area contributed by atoms with Crippen LogP contribution in [0.25, 0.3) is 0 Å². The zero-order valence-corrected chi connectivity index (χ0v) is 12.6. The number of rotatable bonds is 3. The van der Waals surface area contributed by atoms with Gasteiger partial charge in [0.05, 0.1) is 6.04 Å². The van der Waals surface area contributed by atoms with E-state index >= 15 is 0 Å². The van der Waals surface area contributed by atoms with Gasteiger partial charge in [-0.3, -0.25) is 0 Å². The van der Waals surface area contributed by atoms with Crippen LogP contribution in [0.5, 0.6) is 0 Å². The van der Waals surface area contributed by atoms with E-state index in [-0.39, 0.29) is 0 Å². The molecule has 86 valence electrons. The molecule has 0 saturated carbocycles. The van der Waals surface area contributed by atoms with Crippen LogP contribution in [0, 0.1) is 13.8 Å². The molecule has 1 atom stereocenters. The van der Waals surface area contributed by atoms with E-state index in [1.165, 1.54) is 15.3 Å². The summed E-state index contributed by atoms with van der Waals surface area (Å²) in [7, 11) is 0. The summed E-state index contributed by atoms with van der Waals surface area (Å²) in [6.07, 6.45) is 0. The Bertz CT molecular complexity index is 490. The van der Waals surface area contributed by atoms with Gasteiger partial charge < -0.3 is 5.32 Å². The first-order chi connectivity index (χ1) is 7.56. The number of aryl methyl sites for hydroxylation is 2. The zero-order valence-electron chi connectivity index (χ0n) is 9.37. The van der Waals surface area contributed by atoms with Crippen LogP contribution in [0.1, 0.15) is 28.3 Å². The number of thiophene rings is 1. The average Bonchev–Trinajstić information content (AvgIpc) is 2.73. The maximum Gasteiger partial charge on any atom is 0.184 e. The molecule has 2 rings (SSSR count). The summed E-state index contributed by atoms with van der Waals surface area (Å²) in [6.45, 7) is 6.49. The molecule has 0 aliphatic heterocycles. The van der Waals surface area contributed by atoms with Crippen molar-refractivity contribution >= 4 is 43.7 Å². The van der Waals surface area contributed by atoms with E-state index in [2.05, 4.69) is 53.1 Å². The fourth-order valence-electron chi connectivity index (χ4n) is 1.66. The molecular formula is C11H13BrN2S2. The molecule has 0 radical (unpaired) electrons. The van der Waals surface area contributed by atoms with E-state index in [1.807, 2.05) is 16.7 Å². The molecule has 0 aliphatic carbocycles. The summed E-state index contributed by atoms with van der Waals surface area (Å²) in [4.78, 5) is 7.09. The molecule has 0 fully saturated rings. The van der Waals surface area contributed by atoms with Gasteiger partial charge in [0.25, 0.3) is 0 Å². The molecule has 1 unspecified atom stereocenters. The van der Waals surface area contributed by atoms with E-state index in [4.69, 9.17) is 0 Å². The van der Waals surface area contributed by atoms with Crippen molar-refractivity contribution in [3.8, 4) is 0 Å². The SMILES string of the molecule is Cc1cc(C(C)Nc2nc(Br)cs2)c(C)s1. The van der Waals surface area contributed by atoms with Gasteiger partial charge in [0.15, 0.2) is 5.13 Å². The Kier molecular flexibility index (Phi) is 3.66. The van der Waals surface area contributed by atoms with Crippen molar-refractivity contribution in [1.82, 2.24) is 4.98 Å². The fraction of sp³-hybridized carbons (Fsp3) is 0.364. The van der Waals surface area contributed by atoms with Gasteiger partial charge in [-0.25, -0.2) is 4.98 Å². The number of hydrogen-bond donors (Lipinski definition) is 1. The van der Waals surface area contributed by atoms with Crippen LogP contribution in [0.3, 0.4) is 0 Å². The molecule has 0 aliphatic rings. The first-order valence-electron chi connectivity index (χ1n) is 5.00. The highest BCUT2D eigenvalue weighted by molar-refractivity contribution is 9.10. The van der Waals surface area contributed by atoms with Gasteiger partial charge in [-0.1, -0.05) is 0 Å². The van der Waals surface area contributed by atoms with Gasteiger partial charge in [-0.2, -0.15) is 0 Å². The fourth-order valence-corrected chi connectivity index (χ4v) is 3.92. The third kappa shape index (κ3) is 2.64. The highest BCUT2D eigenvalue weighted by Crippen LogP contribution is 2.30. The van der Waals surface area contributed by atoms with Crippen molar-refractivity contribution in [3.63, 3.8) is 0 Å². The number of aromatic nitrogens is 1. The van der Waals surface area contributed by atoms with Gasteiger partial charge in [-0.15, -0.1) is 22.7 Å². The van der Waals surface area contributed by atoms with Gasteiger partial charge in [-0.05, 0) is 48.3 Å². The smallest absolute Gasteiger partial charge is 0.184 e. The molecule has 0 spiro atoms. The van der Waals surface area contributed by atoms with Crippen LogP contribution in [0.15, 0.2) is 16.0 Å². The minimum absolute atomic E-state index is 0.308. The Morgan fingerprint density at radius 1 is 1.44 bits per heavy atom. The quantitative estimate of drug-likeness (QED) is 0.883. The molecule has 0 bridgehead atoms. The monoisotopic (exact) mass is 316 g/mol. The largest absolute Gasteiger partial charge is 0.355 e. The molecule has 5 heteroatoms. The molecule has 2 heterocycles. The molecule has 2 aromatic heterocycles. The third-order valence-electron chi connectivity index (χ3n) is 2.36. The lowest BCUT2D eigenvalue weighted by atomic mass is 10.1. The molecule has 2 aromatic rings. The maximum absolute atomic E-state index is 4.34. The third-order valence-corrected chi connectivity index (χ3v) is 4.83. The molecule has 0 aromatic carbocycles. The second-order valence-corrected chi connectivity index (χ2v) is 6.84. The predicted molar refractivity (Wildman–Crippen MR) is 75.6 cm³/mol. The van der Waals surface area contributed by atoms with Crippen LogP contribution < -0.4 is 5.32 Å². The number of halogens is 1. The number of hydrogen-bond acceptors (Lipinski definition) is 4. The zero-order chi connectivity index (χ0) is 11.7. The minimum atomic E-state index is 0.308. The van der Waals surface area contributed by atoms with Crippen molar-refractivity contribution in [2.75, 3.05) is 5.32 Å². The van der Waals surface area contributed by atoms with Gasteiger partial charge in [0.2, 0.25) is 0 Å². The Balaban J connectivity index is 2.14. The summed E-state index contributed by atoms with van der Waals surface area (Å²) in [5.74, 6) is 0. The highest BCUT2D eigenvalue weighted by atomic mass is 79.9. The molecule has 2 nitrogen and oxygen atoms in total. The van der Waals surface area contributed by atoms with Crippen molar-refractivity contribution < 1.29 is 0 Å². The molecular weight excluding hydrogens is 304 g/mol. The lowest BCUT2D eigenvalue weighted by molar-refractivity contribution is 0.878. The Hall–Kier alpha value is -0.390. The topological polar surface area (TPSA) is 24.9 Å². The maximum atomic E-state index is 4.34. The molecule has 0 saturated heterocycles. The summed E-state index contributed by atoms with van der Waals surface area (Å²) >= 11 is 6.82. The first-order valence-corrected chi connectivity index (χ1v) is 7.49. The van der Waals surface area contributed by atoms with Gasteiger partial charge >= 0.3 is 0 Å².